The second kappa shape index (κ2) is 67.8. The molecule has 0 fully saturated rings. The van der Waals surface area contributed by atoms with Crippen LogP contribution in [0.4, 0.5) is 0 Å². The minimum Gasteiger partial charge on any atom is -0.462 e. The third kappa shape index (κ3) is 66.0. The molecule has 0 aliphatic rings. The van der Waals surface area contributed by atoms with Gasteiger partial charge in [0.1, 0.15) is 13.2 Å². The summed E-state index contributed by atoms with van der Waals surface area (Å²) in [6.45, 7) is 6.46. The van der Waals surface area contributed by atoms with Crippen molar-refractivity contribution < 1.29 is 28.6 Å². The Kier molecular flexibility index (Phi) is 63.9. The summed E-state index contributed by atoms with van der Waals surface area (Å²) < 4.78 is 16.9. The number of rotatable bonds is 59. The van der Waals surface area contributed by atoms with Gasteiger partial charge in [0, 0.05) is 19.3 Å². The molecule has 0 aliphatic heterocycles. The molecule has 0 rings (SSSR count). The predicted molar refractivity (Wildman–Crippen MR) is 352 cm³/mol. The van der Waals surface area contributed by atoms with Gasteiger partial charge in [0.25, 0.3) is 0 Å². The van der Waals surface area contributed by atoms with Crippen molar-refractivity contribution in [3.63, 3.8) is 0 Å². The van der Waals surface area contributed by atoms with E-state index < -0.39 is 6.10 Å². The second-order valence-corrected chi connectivity index (χ2v) is 21.6. The number of hydrogen-bond donors (Lipinski definition) is 0. The van der Waals surface area contributed by atoms with Crippen LogP contribution in [0.1, 0.15) is 290 Å². The Hall–Kier alpha value is -4.71. The quantitative estimate of drug-likeness (QED) is 0.0261. The number of ether oxygens (including phenoxy) is 3. The summed E-state index contributed by atoms with van der Waals surface area (Å²) in [5.41, 5.74) is 0. The minimum absolute atomic E-state index is 0.0888. The van der Waals surface area contributed by atoms with Crippen molar-refractivity contribution in [2.45, 2.75) is 297 Å². The lowest BCUT2D eigenvalue weighted by molar-refractivity contribution is -0.167. The molecule has 0 aromatic carbocycles. The van der Waals surface area contributed by atoms with E-state index in [1.54, 1.807) is 0 Å². The maximum atomic E-state index is 12.9. The molecule has 6 nitrogen and oxygen atoms in total. The molecule has 0 saturated heterocycles. The molecular weight excluding hydrogens is 997 g/mol. The Morgan fingerprint density at radius 2 is 0.481 bits per heavy atom. The van der Waals surface area contributed by atoms with E-state index in [1.807, 2.05) is 0 Å². The first-order chi connectivity index (χ1) is 40.0. The lowest BCUT2D eigenvalue weighted by Crippen LogP contribution is -2.30. The standard InChI is InChI=1S/C75H122O6/c1-4-7-10-13-16-19-21-23-25-27-29-30-31-32-33-34-35-36-37-38-39-40-41-42-43-44-46-47-49-51-53-56-59-62-65-68-74(77)80-71-72(70-79-73(76)67-64-61-58-55-18-15-12-9-6-3)81-75(78)69-66-63-60-57-54-52-50-48-45-28-26-24-22-20-17-14-11-8-5-2/h7,10,16-17,19-20,23-26,29-30,32-33,35-36,38-39,41-42,44-46,48,72H,4-6,8-9,11-15,18,21-22,27-28,31,34,37,40,43,47,49-71H2,1-3H3/b10-7-,19-16-,20-17-,25-23-,26-24-,30-29-,33-32-,36-35-,39-38-,42-41-,46-44-,48-45-. The fraction of sp³-hybridized carbons (Fsp3) is 0.640. The van der Waals surface area contributed by atoms with Crippen molar-refractivity contribution in [2.24, 2.45) is 0 Å². The number of esters is 3. The molecule has 81 heavy (non-hydrogen) atoms. The lowest BCUT2D eigenvalue weighted by Gasteiger charge is -2.18. The van der Waals surface area contributed by atoms with Crippen molar-refractivity contribution in [1.29, 1.82) is 0 Å². The van der Waals surface area contributed by atoms with Crippen LogP contribution in [0.5, 0.6) is 0 Å². The summed E-state index contributed by atoms with van der Waals surface area (Å²) in [6.07, 6.45) is 97.2. The van der Waals surface area contributed by atoms with E-state index in [1.165, 1.54) is 103 Å². The summed E-state index contributed by atoms with van der Waals surface area (Å²) >= 11 is 0. The number of unbranched alkanes of at least 4 members (excludes halogenated alkanes) is 24. The Bertz CT molecular complexity index is 1760. The van der Waals surface area contributed by atoms with E-state index in [4.69, 9.17) is 14.2 Å². The largest absolute Gasteiger partial charge is 0.462 e. The van der Waals surface area contributed by atoms with Crippen molar-refractivity contribution in [3.8, 4) is 0 Å². The van der Waals surface area contributed by atoms with Crippen LogP contribution in [-0.2, 0) is 28.6 Å². The first-order valence-corrected chi connectivity index (χ1v) is 33.3. The summed E-state index contributed by atoms with van der Waals surface area (Å²) in [7, 11) is 0. The van der Waals surface area contributed by atoms with Gasteiger partial charge in [-0.15, -0.1) is 0 Å². The average molecular weight is 1120 g/mol. The minimum atomic E-state index is -0.793. The molecule has 0 N–H and O–H groups in total. The Morgan fingerprint density at radius 1 is 0.259 bits per heavy atom. The van der Waals surface area contributed by atoms with E-state index >= 15 is 0 Å². The smallest absolute Gasteiger partial charge is 0.306 e. The molecule has 0 heterocycles. The maximum absolute atomic E-state index is 12.9. The average Bonchev–Trinajstić information content (AvgIpc) is 3.47. The van der Waals surface area contributed by atoms with Gasteiger partial charge in [0.15, 0.2) is 6.10 Å². The van der Waals surface area contributed by atoms with Crippen LogP contribution in [0.3, 0.4) is 0 Å². The van der Waals surface area contributed by atoms with Gasteiger partial charge in [-0.3, -0.25) is 14.4 Å². The first kappa shape index (κ1) is 76.3. The number of carbonyl (C=O) groups is 3. The van der Waals surface area contributed by atoms with Gasteiger partial charge >= 0.3 is 17.9 Å². The third-order valence-electron chi connectivity index (χ3n) is 13.8. The zero-order valence-corrected chi connectivity index (χ0v) is 52.5. The molecule has 0 aromatic rings. The number of carbonyl (C=O) groups excluding carboxylic acids is 3. The molecule has 0 bridgehead atoms. The zero-order chi connectivity index (χ0) is 58.5. The second-order valence-electron chi connectivity index (χ2n) is 21.6. The van der Waals surface area contributed by atoms with Crippen molar-refractivity contribution >= 4 is 17.9 Å². The van der Waals surface area contributed by atoms with Crippen LogP contribution >= 0.6 is 0 Å². The summed E-state index contributed by atoms with van der Waals surface area (Å²) in [5, 5.41) is 0. The summed E-state index contributed by atoms with van der Waals surface area (Å²) in [4.78, 5) is 38.2. The molecule has 458 valence electrons. The number of hydrogen-bond acceptors (Lipinski definition) is 6. The molecule has 6 heteroatoms. The first-order valence-electron chi connectivity index (χ1n) is 33.3. The van der Waals surface area contributed by atoms with Crippen LogP contribution in [0.15, 0.2) is 146 Å². The summed E-state index contributed by atoms with van der Waals surface area (Å²) in [5.74, 6) is -0.915. The van der Waals surface area contributed by atoms with E-state index in [-0.39, 0.29) is 31.1 Å². The van der Waals surface area contributed by atoms with Crippen LogP contribution in [0, 0.1) is 0 Å². The van der Waals surface area contributed by atoms with E-state index in [2.05, 4.69) is 167 Å². The third-order valence-corrected chi connectivity index (χ3v) is 13.8. The molecular formula is C75H122O6. The van der Waals surface area contributed by atoms with Crippen LogP contribution in [0.25, 0.3) is 0 Å². The molecule has 0 aromatic heterocycles. The van der Waals surface area contributed by atoms with Crippen LogP contribution in [0.2, 0.25) is 0 Å². The Labute approximate surface area is 499 Å². The molecule has 0 saturated carbocycles. The van der Waals surface area contributed by atoms with E-state index in [0.29, 0.717) is 19.3 Å². The van der Waals surface area contributed by atoms with Gasteiger partial charge in [0.2, 0.25) is 0 Å². The highest BCUT2D eigenvalue weighted by Gasteiger charge is 2.19. The van der Waals surface area contributed by atoms with Gasteiger partial charge in [-0.25, -0.2) is 0 Å². The Morgan fingerprint density at radius 3 is 0.778 bits per heavy atom. The fourth-order valence-electron chi connectivity index (χ4n) is 8.85. The van der Waals surface area contributed by atoms with E-state index in [9.17, 15) is 14.4 Å². The molecule has 0 radical (unpaired) electrons. The maximum Gasteiger partial charge on any atom is 0.306 e. The fourth-order valence-corrected chi connectivity index (χ4v) is 8.85. The van der Waals surface area contributed by atoms with Crippen molar-refractivity contribution in [2.75, 3.05) is 13.2 Å². The van der Waals surface area contributed by atoms with Crippen molar-refractivity contribution in [1.82, 2.24) is 0 Å². The topological polar surface area (TPSA) is 78.9 Å². The van der Waals surface area contributed by atoms with Gasteiger partial charge in [-0.2, -0.15) is 0 Å². The van der Waals surface area contributed by atoms with Gasteiger partial charge in [-0.1, -0.05) is 289 Å². The molecule has 0 aliphatic carbocycles. The molecule has 1 unspecified atom stereocenters. The number of allylic oxidation sites excluding steroid dienone is 24. The van der Waals surface area contributed by atoms with Gasteiger partial charge in [-0.05, 0) is 128 Å². The molecule has 0 amide bonds. The zero-order valence-electron chi connectivity index (χ0n) is 52.5. The summed E-state index contributed by atoms with van der Waals surface area (Å²) in [6, 6.07) is 0. The predicted octanol–water partition coefficient (Wildman–Crippen LogP) is 23.1. The monoisotopic (exact) mass is 1120 g/mol. The lowest BCUT2D eigenvalue weighted by atomic mass is 10.1. The molecule has 1 atom stereocenters. The highest BCUT2D eigenvalue weighted by Crippen LogP contribution is 2.15. The highest BCUT2D eigenvalue weighted by atomic mass is 16.6. The van der Waals surface area contributed by atoms with Crippen LogP contribution in [-0.4, -0.2) is 37.2 Å². The normalized spacial score (nSPS) is 13.1. The van der Waals surface area contributed by atoms with Gasteiger partial charge in [0.05, 0.1) is 0 Å². The molecule has 0 spiro atoms. The van der Waals surface area contributed by atoms with Crippen LogP contribution < -0.4 is 0 Å². The van der Waals surface area contributed by atoms with E-state index in [0.717, 1.165) is 148 Å². The highest BCUT2D eigenvalue weighted by molar-refractivity contribution is 5.71. The SMILES string of the molecule is CC/C=C\C/C=C\C/C=C\C/C=C\C/C=C\C/C=C\C/C=C\C/C=C\C/C=C\CCCCCCCCCC(=O)OCC(COC(=O)CCCCCCCCCCC)OC(=O)CCCCCCCC/C=C\C/C=C\C/C=C\CCCCC. The van der Waals surface area contributed by atoms with Gasteiger partial charge < -0.3 is 14.2 Å². The van der Waals surface area contributed by atoms with Crippen molar-refractivity contribution in [3.05, 3.63) is 146 Å². The Balaban J connectivity index is 4.24.